The maximum atomic E-state index is 5.40. The van der Waals surface area contributed by atoms with Crippen molar-refractivity contribution in [2.45, 2.75) is 20.3 Å². The molecular formula is C13H15BrN2O. The highest BCUT2D eigenvalue weighted by Gasteiger charge is 2.10. The van der Waals surface area contributed by atoms with Crippen LogP contribution in [0, 0.1) is 6.92 Å². The lowest BCUT2D eigenvalue weighted by Crippen LogP contribution is -1.98. The summed E-state index contributed by atoms with van der Waals surface area (Å²) in [5.74, 6) is 1.81. The van der Waals surface area contributed by atoms with Crippen molar-refractivity contribution in [3.63, 3.8) is 0 Å². The minimum atomic E-state index is 0.836. The van der Waals surface area contributed by atoms with Gasteiger partial charge in [-0.1, -0.05) is 22.9 Å². The molecule has 0 bridgehead atoms. The number of methoxy groups -OCH3 is 1. The molecule has 0 unspecified atom stereocenters. The van der Waals surface area contributed by atoms with Crippen molar-refractivity contribution in [3.8, 4) is 11.4 Å². The quantitative estimate of drug-likeness (QED) is 0.866. The molecule has 90 valence electrons. The second-order valence-electron chi connectivity index (χ2n) is 3.82. The van der Waals surface area contributed by atoms with E-state index in [4.69, 9.17) is 4.74 Å². The van der Waals surface area contributed by atoms with Gasteiger partial charge in [0.1, 0.15) is 11.6 Å². The number of benzene rings is 1. The predicted octanol–water partition coefficient (Wildman–Crippen LogP) is 3.51. The lowest BCUT2D eigenvalue weighted by atomic mass is 10.3. The zero-order chi connectivity index (χ0) is 12.4. The van der Waals surface area contributed by atoms with Gasteiger partial charge in [0.25, 0.3) is 0 Å². The molecule has 0 N–H and O–H groups in total. The number of nitrogens with zero attached hydrogens (tertiary/aromatic N) is 2. The Morgan fingerprint density at radius 3 is 2.76 bits per heavy atom. The molecule has 3 nitrogen and oxygen atoms in total. The standard InChI is InChI=1S/C13H15BrN2O/c1-4-11-8-16(9(2)15-11)12-6-5-10(14)7-13(12)17-3/h5-8H,4H2,1-3H3. The first kappa shape index (κ1) is 12.2. The van der Waals surface area contributed by atoms with Crippen LogP contribution in [0.3, 0.4) is 0 Å². The zero-order valence-electron chi connectivity index (χ0n) is 10.2. The van der Waals surface area contributed by atoms with Gasteiger partial charge in [-0.15, -0.1) is 0 Å². The summed E-state index contributed by atoms with van der Waals surface area (Å²) in [7, 11) is 1.68. The summed E-state index contributed by atoms with van der Waals surface area (Å²) in [6.07, 6.45) is 2.99. The number of halogens is 1. The molecule has 0 aliphatic rings. The third-order valence-electron chi connectivity index (χ3n) is 2.70. The highest BCUT2D eigenvalue weighted by atomic mass is 79.9. The van der Waals surface area contributed by atoms with Crippen LogP contribution in [0.15, 0.2) is 28.9 Å². The Balaban J connectivity index is 2.55. The lowest BCUT2D eigenvalue weighted by Gasteiger charge is -2.10. The van der Waals surface area contributed by atoms with Crippen LogP contribution in [0.2, 0.25) is 0 Å². The summed E-state index contributed by atoms with van der Waals surface area (Å²) < 4.78 is 8.47. The van der Waals surface area contributed by atoms with E-state index in [1.54, 1.807) is 7.11 Å². The number of imidazole rings is 1. The average molecular weight is 295 g/mol. The molecule has 0 spiro atoms. The highest BCUT2D eigenvalue weighted by molar-refractivity contribution is 9.10. The first-order chi connectivity index (χ1) is 8.15. The van der Waals surface area contributed by atoms with Crippen LogP contribution >= 0.6 is 15.9 Å². The average Bonchev–Trinajstić information content (AvgIpc) is 2.70. The van der Waals surface area contributed by atoms with Crippen molar-refractivity contribution in [1.82, 2.24) is 9.55 Å². The van der Waals surface area contributed by atoms with Gasteiger partial charge in [0.05, 0.1) is 18.5 Å². The first-order valence-corrected chi connectivity index (χ1v) is 6.33. The third kappa shape index (κ3) is 2.36. The highest BCUT2D eigenvalue weighted by Crippen LogP contribution is 2.27. The zero-order valence-corrected chi connectivity index (χ0v) is 11.8. The van der Waals surface area contributed by atoms with Gasteiger partial charge >= 0.3 is 0 Å². The normalized spacial score (nSPS) is 10.6. The van der Waals surface area contributed by atoms with E-state index in [1.807, 2.05) is 25.1 Å². The fourth-order valence-electron chi connectivity index (χ4n) is 1.80. The number of rotatable bonds is 3. The Bertz CT molecular complexity index is 534. The van der Waals surface area contributed by atoms with Gasteiger partial charge < -0.3 is 9.30 Å². The monoisotopic (exact) mass is 294 g/mol. The molecule has 1 aromatic heterocycles. The Labute approximate surface area is 110 Å². The molecule has 1 heterocycles. The molecule has 2 rings (SSSR count). The van der Waals surface area contributed by atoms with E-state index in [0.29, 0.717) is 0 Å². The number of hydrogen-bond acceptors (Lipinski definition) is 2. The minimum Gasteiger partial charge on any atom is -0.495 e. The van der Waals surface area contributed by atoms with E-state index < -0.39 is 0 Å². The molecule has 4 heteroatoms. The molecule has 0 fully saturated rings. The van der Waals surface area contributed by atoms with Crippen molar-refractivity contribution in [2.75, 3.05) is 7.11 Å². The van der Waals surface area contributed by atoms with Crippen LogP contribution in [0.5, 0.6) is 5.75 Å². The second-order valence-corrected chi connectivity index (χ2v) is 4.73. The van der Waals surface area contributed by atoms with E-state index in [2.05, 4.69) is 38.6 Å². The van der Waals surface area contributed by atoms with E-state index in [-0.39, 0.29) is 0 Å². The minimum absolute atomic E-state index is 0.836. The fourth-order valence-corrected chi connectivity index (χ4v) is 2.14. The lowest BCUT2D eigenvalue weighted by molar-refractivity contribution is 0.412. The smallest absolute Gasteiger partial charge is 0.144 e. The van der Waals surface area contributed by atoms with Gasteiger partial charge in [0.15, 0.2) is 0 Å². The summed E-state index contributed by atoms with van der Waals surface area (Å²) in [5.41, 5.74) is 2.10. The maximum absolute atomic E-state index is 5.40. The van der Waals surface area contributed by atoms with Gasteiger partial charge in [0.2, 0.25) is 0 Å². The van der Waals surface area contributed by atoms with Crippen LogP contribution < -0.4 is 4.74 Å². The Morgan fingerprint density at radius 2 is 2.18 bits per heavy atom. The summed E-state index contributed by atoms with van der Waals surface area (Å²) in [5, 5.41) is 0. The molecule has 17 heavy (non-hydrogen) atoms. The number of hydrogen-bond donors (Lipinski definition) is 0. The predicted molar refractivity (Wildman–Crippen MR) is 71.9 cm³/mol. The van der Waals surface area contributed by atoms with Crippen molar-refractivity contribution >= 4 is 15.9 Å². The first-order valence-electron chi connectivity index (χ1n) is 5.54. The molecule has 0 radical (unpaired) electrons. The topological polar surface area (TPSA) is 27.1 Å². The molecule has 2 aromatic rings. The van der Waals surface area contributed by atoms with E-state index in [0.717, 1.165) is 33.8 Å². The van der Waals surface area contributed by atoms with Crippen molar-refractivity contribution < 1.29 is 4.74 Å². The SMILES string of the molecule is CCc1cn(-c2ccc(Br)cc2OC)c(C)n1. The van der Waals surface area contributed by atoms with E-state index in [9.17, 15) is 0 Å². The molecule has 0 saturated carbocycles. The molecule has 0 saturated heterocycles. The Hall–Kier alpha value is -1.29. The number of ether oxygens (including phenoxy) is 1. The van der Waals surface area contributed by atoms with Crippen LogP contribution in [0.1, 0.15) is 18.4 Å². The summed E-state index contributed by atoms with van der Waals surface area (Å²) >= 11 is 3.44. The summed E-state index contributed by atoms with van der Waals surface area (Å²) in [6, 6.07) is 5.99. The maximum Gasteiger partial charge on any atom is 0.144 e. The van der Waals surface area contributed by atoms with Crippen LogP contribution in [0.25, 0.3) is 5.69 Å². The van der Waals surface area contributed by atoms with Crippen molar-refractivity contribution in [3.05, 3.63) is 40.4 Å². The largest absolute Gasteiger partial charge is 0.495 e. The van der Waals surface area contributed by atoms with Crippen molar-refractivity contribution in [1.29, 1.82) is 0 Å². The molecular weight excluding hydrogens is 280 g/mol. The molecule has 1 aromatic carbocycles. The second kappa shape index (κ2) is 4.92. The summed E-state index contributed by atoms with van der Waals surface area (Å²) in [4.78, 5) is 4.50. The van der Waals surface area contributed by atoms with Gasteiger partial charge in [-0.2, -0.15) is 0 Å². The number of aromatic nitrogens is 2. The van der Waals surface area contributed by atoms with Crippen molar-refractivity contribution in [2.24, 2.45) is 0 Å². The van der Waals surface area contributed by atoms with E-state index >= 15 is 0 Å². The Kier molecular flexibility index (Phi) is 3.52. The van der Waals surface area contributed by atoms with Gasteiger partial charge in [-0.3, -0.25) is 0 Å². The summed E-state index contributed by atoms with van der Waals surface area (Å²) in [6.45, 7) is 4.10. The van der Waals surface area contributed by atoms with Gasteiger partial charge in [0, 0.05) is 10.7 Å². The molecule has 0 amide bonds. The van der Waals surface area contributed by atoms with Gasteiger partial charge in [-0.25, -0.2) is 4.98 Å². The molecule has 0 aliphatic heterocycles. The third-order valence-corrected chi connectivity index (χ3v) is 3.19. The Morgan fingerprint density at radius 1 is 1.41 bits per heavy atom. The van der Waals surface area contributed by atoms with Gasteiger partial charge in [-0.05, 0) is 31.5 Å². The van der Waals surface area contributed by atoms with Crippen LogP contribution in [0.4, 0.5) is 0 Å². The van der Waals surface area contributed by atoms with Crippen LogP contribution in [-0.4, -0.2) is 16.7 Å². The molecule has 0 aliphatic carbocycles. The van der Waals surface area contributed by atoms with Crippen LogP contribution in [-0.2, 0) is 6.42 Å². The number of aryl methyl sites for hydroxylation is 2. The van der Waals surface area contributed by atoms with E-state index in [1.165, 1.54) is 0 Å². The molecule has 0 atom stereocenters. The fraction of sp³-hybridized carbons (Fsp3) is 0.308.